The van der Waals surface area contributed by atoms with Crippen molar-refractivity contribution >= 4 is 17.7 Å². The molecule has 0 N–H and O–H groups in total. The Kier molecular flexibility index (Phi) is 7.02. The van der Waals surface area contributed by atoms with Gasteiger partial charge >= 0.3 is 0 Å². The lowest BCUT2D eigenvalue weighted by atomic mass is 10.2. The van der Waals surface area contributed by atoms with Gasteiger partial charge in [-0.25, -0.2) is 4.39 Å². The van der Waals surface area contributed by atoms with Gasteiger partial charge in [-0.2, -0.15) is 4.98 Å². The molecule has 1 aliphatic rings. The number of fused-ring (bicyclic) bond motifs is 1. The summed E-state index contributed by atoms with van der Waals surface area (Å²) >= 11 is 0. The maximum atomic E-state index is 13.3. The van der Waals surface area contributed by atoms with Gasteiger partial charge in [0.2, 0.25) is 17.6 Å². The van der Waals surface area contributed by atoms with Crippen molar-refractivity contribution in [1.82, 2.24) is 10.1 Å². The van der Waals surface area contributed by atoms with Crippen LogP contribution in [0, 0.1) is 5.82 Å². The highest BCUT2D eigenvalue weighted by molar-refractivity contribution is 5.94. The maximum Gasteiger partial charge on any atom is 0.227 e. The second-order valence-corrected chi connectivity index (χ2v) is 8.16. The number of aromatic nitrogens is 2. The van der Waals surface area contributed by atoms with E-state index in [9.17, 15) is 9.18 Å². The Bertz CT molecular complexity index is 1350. The number of carbonyl (C=O) groups excluding carboxylic acids is 1. The maximum absolute atomic E-state index is 13.3. The quantitative estimate of drug-likeness (QED) is 0.336. The summed E-state index contributed by atoms with van der Waals surface area (Å²) in [5.41, 5.74) is 2.40. The summed E-state index contributed by atoms with van der Waals surface area (Å²) in [6, 6.07) is 21.2. The summed E-state index contributed by atoms with van der Waals surface area (Å²) in [5, 5.41) is 3.95. The zero-order chi connectivity index (χ0) is 24.7. The Labute approximate surface area is 207 Å². The fourth-order valence-electron chi connectivity index (χ4n) is 3.83. The lowest BCUT2D eigenvalue weighted by Gasteiger charge is -2.24. The Morgan fingerprint density at radius 1 is 0.972 bits per heavy atom. The van der Waals surface area contributed by atoms with E-state index in [-0.39, 0.29) is 24.6 Å². The molecule has 3 aromatic carbocycles. The van der Waals surface area contributed by atoms with E-state index in [0.717, 1.165) is 5.56 Å². The Hall–Kier alpha value is -4.46. The minimum Gasteiger partial charge on any atom is -0.486 e. The number of benzene rings is 3. The molecule has 1 aromatic heterocycles. The topological polar surface area (TPSA) is 77.7 Å². The molecule has 8 heteroatoms. The first kappa shape index (κ1) is 23.3. The van der Waals surface area contributed by atoms with E-state index in [1.807, 2.05) is 60.7 Å². The lowest BCUT2D eigenvalue weighted by molar-refractivity contribution is -0.118. The van der Waals surface area contributed by atoms with Crippen LogP contribution in [0.3, 0.4) is 0 Å². The van der Waals surface area contributed by atoms with Gasteiger partial charge in [0.25, 0.3) is 0 Å². The first-order valence-electron chi connectivity index (χ1n) is 11.7. The minimum atomic E-state index is -0.339. The van der Waals surface area contributed by atoms with E-state index < -0.39 is 0 Å². The molecule has 5 rings (SSSR count). The molecule has 7 nitrogen and oxygen atoms in total. The van der Waals surface area contributed by atoms with Crippen molar-refractivity contribution in [3.05, 3.63) is 96.1 Å². The summed E-state index contributed by atoms with van der Waals surface area (Å²) in [6.07, 6.45) is 4.36. The number of aryl methyl sites for hydroxylation is 1. The molecule has 182 valence electrons. The highest BCUT2D eigenvalue weighted by Crippen LogP contribution is 2.34. The number of rotatable bonds is 8. The highest BCUT2D eigenvalue weighted by Gasteiger charge is 2.20. The summed E-state index contributed by atoms with van der Waals surface area (Å²) < 4.78 is 29.8. The highest BCUT2D eigenvalue weighted by atomic mass is 19.1. The molecule has 0 spiro atoms. The van der Waals surface area contributed by atoms with Crippen molar-refractivity contribution in [3.63, 3.8) is 0 Å². The van der Waals surface area contributed by atoms with Crippen LogP contribution < -0.4 is 14.4 Å². The van der Waals surface area contributed by atoms with Gasteiger partial charge in [0.15, 0.2) is 11.5 Å². The predicted molar refractivity (Wildman–Crippen MR) is 133 cm³/mol. The number of hydrogen-bond donors (Lipinski definition) is 0. The molecule has 36 heavy (non-hydrogen) atoms. The van der Waals surface area contributed by atoms with Crippen LogP contribution in [0.5, 0.6) is 11.5 Å². The van der Waals surface area contributed by atoms with E-state index in [4.69, 9.17) is 14.0 Å². The molecular formula is C28H24FN3O4. The van der Waals surface area contributed by atoms with Gasteiger partial charge in [-0.05, 0) is 42.0 Å². The fourth-order valence-corrected chi connectivity index (χ4v) is 3.83. The monoisotopic (exact) mass is 485 g/mol. The molecule has 0 saturated heterocycles. The largest absolute Gasteiger partial charge is 0.486 e. The van der Waals surface area contributed by atoms with Crippen molar-refractivity contribution in [2.24, 2.45) is 0 Å². The van der Waals surface area contributed by atoms with Gasteiger partial charge in [-0.15, -0.1) is 0 Å². The summed E-state index contributed by atoms with van der Waals surface area (Å²) in [6.45, 7) is 1.34. The van der Waals surface area contributed by atoms with Crippen LogP contribution in [0.25, 0.3) is 17.5 Å². The van der Waals surface area contributed by atoms with E-state index in [2.05, 4.69) is 10.1 Å². The van der Waals surface area contributed by atoms with E-state index in [0.29, 0.717) is 54.2 Å². The minimum absolute atomic E-state index is 0.106. The van der Waals surface area contributed by atoms with Gasteiger partial charge in [-0.1, -0.05) is 47.6 Å². The molecule has 1 aliphatic heterocycles. The Morgan fingerprint density at radius 2 is 1.75 bits per heavy atom. The first-order valence-corrected chi connectivity index (χ1v) is 11.7. The lowest BCUT2D eigenvalue weighted by Crippen LogP contribution is -2.31. The molecule has 0 unspecified atom stereocenters. The van der Waals surface area contributed by atoms with Crippen molar-refractivity contribution < 1.29 is 23.2 Å². The van der Waals surface area contributed by atoms with Gasteiger partial charge in [-0.3, -0.25) is 4.79 Å². The fraction of sp³-hybridized carbons (Fsp3) is 0.179. The molecule has 2 heterocycles. The summed E-state index contributed by atoms with van der Waals surface area (Å²) in [4.78, 5) is 19.4. The van der Waals surface area contributed by atoms with Crippen LogP contribution in [-0.4, -0.2) is 35.8 Å². The summed E-state index contributed by atoms with van der Waals surface area (Å²) in [7, 11) is 0. The molecule has 0 fully saturated rings. The van der Waals surface area contributed by atoms with Gasteiger partial charge in [0.05, 0.1) is 0 Å². The molecule has 0 saturated carbocycles. The predicted octanol–water partition coefficient (Wildman–Crippen LogP) is 5.33. The number of halogens is 1. The third kappa shape index (κ3) is 5.60. The normalized spacial score (nSPS) is 12.6. The molecule has 0 radical (unpaired) electrons. The van der Waals surface area contributed by atoms with Crippen LogP contribution in [-0.2, 0) is 11.2 Å². The zero-order valence-electron chi connectivity index (χ0n) is 19.5. The smallest absolute Gasteiger partial charge is 0.227 e. The number of anilines is 1. The van der Waals surface area contributed by atoms with E-state index in [1.54, 1.807) is 17.0 Å². The zero-order valence-corrected chi connectivity index (χ0v) is 19.5. The standard InChI is InChI=1S/C28H24FN3O4/c29-22-10-8-21(9-11-22)28-30-26(36-31-28)14-15-27(33)32(16-4-7-20-5-2-1-3-6-20)23-12-13-24-25(19-23)35-18-17-34-24/h1-13,19H,14-18H2/b7-4+. The van der Waals surface area contributed by atoms with Crippen molar-refractivity contribution in [2.75, 3.05) is 24.7 Å². The first-order chi connectivity index (χ1) is 17.7. The van der Waals surface area contributed by atoms with E-state index in [1.165, 1.54) is 12.1 Å². The molecular weight excluding hydrogens is 461 g/mol. The number of ether oxygens (including phenoxy) is 2. The average Bonchev–Trinajstić information content (AvgIpc) is 3.40. The Morgan fingerprint density at radius 3 is 2.56 bits per heavy atom. The number of nitrogens with zero attached hydrogens (tertiary/aromatic N) is 3. The van der Waals surface area contributed by atoms with Crippen LogP contribution in [0.4, 0.5) is 10.1 Å². The third-order valence-corrected chi connectivity index (χ3v) is 5.66. The van der Waals surface area contributed by atoms with Crippen molar-refractivity contribution in [1.29, 1.82) is 0 Å². The van der Waals surface area contributed by atoms with Crippen LogP contribution in [0.15, 0.2) is 83.4 Å². The number of carbonyl (C=O) groups is 1. The van der Waals surface area contributed by atoms with Crippen molar-refractivity contribution in [3.8, 4) is 22.9 Å². The molecule has 0 bridgehead atoms. The molecule has 4 aromatic rings. The molecule has 0 aliphatic carbocycles. The molecule has 1 amide bonds. The second-order valence-electron chi connectivity index (χ2n) is 8.16. The summed E-state index contributed by atoms with van der Waals surface area (Å²) in [5.74, 6) is 1.52. The third-order valence-electron chi connectivity index (χ3n) is 5.66. The van der Waals surface area contributed by atoms with Gasteiger partial charge in [0, 0.05) is 36.7 Å². The van der Waals surface area contributed by atoms with Crippen LogP contribution in [0.1, 0.15) is 17.9 Å². The van der Waals surface area contributed by atoms with Crippen LogP contribution >= 0.6 is 0 Å². The van der Waals surface area contributed by atoms with Crippen LogP contribution in [0.2, 0.25) is 0 Å². The van der Waals surface area contributed by atoms with Crippen molar-refractivity contribution in [2.45, 2.75) is 12.8 Å². The molecule has 0 atom stereocenters. The average molecular weight is 486 g/mol. The SMILES string of the molecule is O=C(CCc1nc(-c2ccc(F)cc2)no1)N(C/C=C/c1ccccc1)c1ccc2c(c1)OCCO2. The second kappa shape index (κ2) is 10.9. The Balaban J connectivity index is 1.31. The van der Waals surface area contributed by atoms with Gasteiger partial charge in [0.1, 0.15) is 19.0 Å². The van der Waals surface area contributed by atoms with Gasteiger partial charge < -0.3 is 18.9 Å². The number of hydrogen-bond acceptors (Lipinski definition) is 6. The number of amides is 1. The van der Waals surface area contributed by atoms with E-state index >= 15 is 0 Å².